The zero-order valence-corrected chi connectivity index (χ0v) is 11.7. The number of hydrogen-bond acceptors (Lipinski definition) is 4. The number of aromatic nitrogens is 1. The van der Waals surface area contributed by atoms with Crippen LogP contribution in [0.25, 0.3) is 0 Å². The molecule has 1 aromatic heterocycles. The van der Waals surface area contributed by atoms with E-state index >= 15 is 0 Å². The Bertz CT molecular complexity index is 504. The van der Waals surface area contributed by atoms with Crippen molar-refractivity contribution in [3.8, 4) is 0 Å². The quantitative estimate of drug-likeness (QED) is 0.828. The van der Waals surface area contributed by atoms with Crippen molar-refractivity contribution in [1.82, 2.24) is 14.8 Å². The first-order valence-electron chi connectivity index (χ1n) is 6.84. The molecule has 1 saturated heterocycles. The van der Waals surface area contributed by atoms with Gasteiger partial charge < -0.3 is 15.5 Å². The number of amides is 2. The average molecular weight is 276 g/mol. The summed E-state index contributed by atoms with van der Waals surface area (Å²) in [4.78, 5) is 31.5. The lowest BCUT2D eigenvalue weighted by Gasteiger charge is -2.34. The minimum absolute atomic E-state index is 0.00430. The summed E-state index contributed by atoms with van der Waals surface area (Å²) in [5.41, 5.74) is 7.31. The van der Waals surface area contributed by atoms with Crippen molar-refractivity contribution in [2.75, 3.05) is 19.6 Å². The van der Waals surface area contributed by atoms with Gasteiger partial charge in [-0.05, 0) is 18.1 Å². The van der Waals surface area contributed by atoms with Crippen LogP contribution in [0.3, 0.4) is 0 Å². The number of piperazine rings is 1. The molecule has 0 aromatic carbocycles. The summed E-state index contributed by atoms with van der Waals surface area (Å²) in [6, 6.07) is 3.71. The van der Waals surface area contributed by atoms with Gasteiger partial charge >= 0.3 is 0 Å². The van der Waals surface area contributed by atoms with Gasteiger partial charge in [0.1, 0.15) is 6.54 Å². The monoisotopic (exact) mass is 276 g/mol. The summed E-state index contributed by atoms with van der Waals surface area (Å²) in [5, 5.41) is 0. The van der Waals surface area contributed by atoms with Gasteiger partial charge in [-0.1, -0.05) is 13.0 Å². The fourth-order valence-corrected chi connectivity index (χ4v) is 2.33. The summed E-state index contributed by atoms with van der Waals surface area (Å²) >= 11 is 0. The van der Waals surface area contributed by atoms with E-state index in [-0.39, 0.29) is 24.9 Å². The molecule has 0 bridgehead atoms. The van der Waals surface area contributed by atoms with Crippen LogP contribution in [0.5, 0.6) is 0 Å². The van der Waals surface area contributed by atoms with E-state index in [1.807, 2.05) is 19.1 Å². The predicted octanol–water partition coefficient (Wildman–Crippen LogP) is 0.121. The highest BCUT2D eigenvalue weighted by Gasteiger charge is 2.29. The van der Waals surface area contributed by atoms with Gasteiger partial charge in [0.15, 0.2) is 0 Å². The van der Waals surface area contributed by atoms with Gasteiger partial charge in [-0.15, -0.1) is 0 Å². The summed E-state index contributed by atoms with van der Waals surface area (Å²) < 4.78 is 0. The van der Waals surface area contributed by atoms with Crippen LogP contribution in [-0.2, 0) is 22.7 Å². The van der Waals surface area contributed by atoms with E-state index in [0.29, 0.717) is 19.6 Å². The van der Waals surface area contributed by atoms with E-state index in [1.54, 1.807) is 16.0 Å². The molecule has 0 atom stereocenters. The van der Waals surface area contributed by atoms with Crippen LogP contribution < -0.4 is 5.73 Å². The van der Waals surface area contributed by atoms with Crippen molar-refractivity contribution in [2.24, 2.45) is 5.73 Å². The van der Waals surface area contributed by atoms with E-state index in [2.05, 4.69) is 4.98 Å². The average Bonchev–Trinajstić information content (AvgIpc) is 2.45. The van der Waals surface area contributed by atoms with Crippen molar-refractivity contribution in [3.63, 3.8) is 0 Å². The normalized spacial score (nSPS) is 15.9. The van der Waals surface area contributed by atoms with Gasteiger partial charge in [-0.2, -0.15) is 0 Å². The van der Waals surface area contributed by atoms with Gasteiger partial charge in [0.05, 0.1) is 12.2 Å². The van der Waals surface area contributed by atoms with Crippen LogP contribution in [0.1, 0.15) is 24.6 Å². The highest BCUT2D eigenvalue weighted by molar-refractivity contribution is 5.92. The number of carbonyl (C=O) groups is 2. The van der Waals surface area contributed by atoms with E-state index in [0.717, 1.165) is 17.7 Å². The van der Waals surface area contributed by atoms with Gasteiger partial charge in [0.25, 0.3) is 0 Å². The first-order valence-corrected chi connectivity index (χ1v) is 6.84. The lowest BCUT2D eigenvalue weighted by Crippen LogP contribution is -2.53. The highest BCUT2D eigenvalue weighted by atomic mass is 16.2. The first-order chi connectivity index (χ1) is 9.65. The van der Waals surface area contributed by atoms with Crippen molar-refractivity contribution >= 4 is 11.8 Å². The molecule has 1 aliphatic rings. The molecule has 0 spiro atoms. The third-order valence-corrected chi connectivity index (χ3v) is 3.39. The van der Waals surface area contributed by atoms with Crippen LogP contribution in [0.2, 0.25) is 0 Å². The standard InChI is InChI=1S/C14H20N4O2/c1-2-6-17-9-14(20)18(10-13(17)19)8-11-4-3-5-16-12(11)7-15/h3-5H,2,6-10,15H2,1H3. The molecule has 0 unspecified atom stereocenters. The Morgan fingerprint density at radius 1 is 1.25 bits per heavy atom. The molecule has 2 rings (SSSR count). The molecule has 108 valence electrons. The van der Waals surface area contributed by atoms with Crippen molar-refractivity contribution in [3.05, 3.63) is 29.6 Å². The second-order valence-corrected chi connectivity index (χ2v) is 4.88. The molecule has 1 aliphatic heterocycles. The summed E-state index contributed by atoms with van der Waals surface area (Å²) in [5.74, 6) is -0.0190. The topological polar surface area (TPSA) is 79.5 Å². The number of nitrogens with zero attached hydrogens (tertiary/aromatic N) is 3. The third kappa shape index (κ3) is 3.14. The Hall–Kier alpha value is -1.95. The molecular formula is C14H20N4O2. The predicted molar refractivity (Wildman–Crippen MR) is 74.4 cm³/mol. The minimum Gasteiger partial charge on any atom is -0.332 e. The van der Waals surface area contributed by atoms with Gasteiger partial charge in [0, 0.05) is 25.8 Å². The molecule has 0 saturated carbocycles. The maximum atomic E-state index is 12.1. The second-order valence-electron chi connectivity index (χ2n) is 4.88. The zero-order chi connectivity index (χ0) is 14.5. The molecule has 6 heteroatoms. The second kappa shape index (κ2) is 6.47. The maximum absolute atomic E-state index is 12.1. The lowest BCUT2D eigenvalue weighted by molar-refractivity contribution is -0.150. The van der Waals surface area contributed by atoms with Crippen LogP contribution in [0.4, 0.5) is 0 Å². The van der Waals surface area contributed by atoms with E-state index in [1.165, 1.54) is 0 Å². The van der Waals surface area contributed by atoms with E-state index in [4.69, 9.17) is 5.73 Å². The van der Waals surface area contributed by atoms with Crippen LogP contribution in [-0.4, -0.2) is 46.2 Å². The van der Waals surface area contributed by atoms with Gasteiger partial charge in [-0.3, -0.25) is 14.6 Å². The Morgan fingerprint density at radius 3 is 2.65 bits per heavy atom. The smallest absolute Gasteiger partial charge is 0.242 e. The maximum Gasteiger partial charge on any atom is 0.242 e. The Kier molecular flexibility index (Phi) is 4.68. The third-order valence-electron chi connectivity index (χ3n) is 3.39. The van der Waals surface area contributed by atoms with Crippen LogP contribution >= 0.6 is 0 Å². The lowest BCUT2D eigenvalue weighted by atomic mass is 10.1. The molecule has 20 heavy (non-hydrogen) atoms. The molecule has 1 fully saturated rings. The van der Waals surface area contributed by atoms with Crippen LogP contribution in [0, 0.1) is 0 Å². The Morgan fingerprint density at radius 2 is 1.95 bits per heavy atom. The summed E-state index contributed by atoms with van der Waals surface area (Å²) in [6.07, 6.45) is 2.54. The molecule has 1 aromatic rings. The fourth-order valence-electron chi connectivity index (χ4n) is 2.33. The molecule has 2 N–H and O–H groups in total. The number of pyridine rings is 1. The number of nitrogens with two attached hydrogens (primary N) is 1. The Balaban J connectivity index is 2.07. The molecule has 2 heterocycles. The van der Waals surface area contributed by atoms with Gasteiger partial charge in [-0.25, -0.2) is 0 Å². The fraction of sp³-hybridized carbons (Fsp3) is 0.500. The SMILES string of the molecule is CCCN1CC(=O)N(Cc2cccnc2CN)CC1=O. The first kappa shape index (κ1) is 14.5. The summed E-state index contributed by atoms with van der Waals surface area (Å²) in [6.45, 7) is 3.66. The molecular weight excluding hydrogens is 256 g/mol. The van der Waals surface area contributed by atoms with Crippen molar-refractivity contribution in [1.29, 1.82) is 0 Å². The molecule has 0 radical (unpaired) electrons. The van der Waals surface area contributed by atoms with E-state index < -0.39 is 0 Å². The number of rotatable bonds is 5. The summed E-state index contributed by atoms with van der Waals surface area (Å²) in [7, 11) is 0. The minimum atomic E-state index is -0.0233. The van der Waals surface area contributed by atoms with Crippen molar-refractivity contribution < 1.29 is 9.59 Å². The molecule has 2 amide bonds. The largest absolute Gasteiger partial charge is 0.332 e. The zero-order valence-electron chi connectivity index (χ0n) is 11.7. The highest BCUT2D eigenvalue weighted by Crippen LogP contribution is 2.13. The van der Waals surface area contributed by atoms with Crippen LogP contribution in [0.15, 0.2) is 18.3 Å². The molecule has 6 nitrogen and oxygen atoms in total. The number of carbonyl (C=O) groups excluding carboxylic acids is 2. The van der Waals surface area contributed by atoms with E-state index in [9.17, 15) is 9.59 Å². The van der Waals surface area contributed by atoms with Crippen molar-refractivity contribution in [2.45, 2.75) is 26.4 Å². The van der Waals surface area contributed by atoms with Gasteiger partial charge in [0.2, 0.25) is 11.8 Å². The molecule has 0 aliphatic carbocycles. The Labute approximate surface area is 118 Å². The number of hydrogen-bond donors (Lipinski definition) is 1.